The second-order valence-corrected chi connectivity index (χ2v) is 5.75. The number of amides is 1. The van der Waals surface area contributed by atoms with E-state index in [0.717, 1.165) is 6.54 Å². The van der Waals surface area contributed by atoms with Crippen LogP contribution in [0.5, 0.6) is 0 Å². The van der Waals surface area contributed by atoms with E-state index in [9.17, 15) is 9.59 Å². The second kappa shape index (κ2) is 6.37. The van der Waals surface area contributed by atoms with E-state index >= 15 is 0 Å². The van der Waals surface area contributed by atoms with Gasteiger partial charge in [-0.3, -0.25) is 4.79 Å². The summed E-state index contributed by atoms with van der Waals surface area (Å²) >= 11 is 0. The molecule has 1 saturated heterocycles. The van der Waals surface area contributed by atoms with E-state index in [2.05, 4.69) is 0 Å². The first-order chi connectivity index (χ1) is 9.08. The average molecular weight is 269 g/mol. The molecule has 1 N–H and O–H groups in total. The Kier molecular flexibility index (Phi) is 4.80. The molecule has 5 heteroatoms. The quantitative estimate of drug-likeness (QED) is 0.843. The summed E-state index contributed by atoms with van der Waals surface area (Å²) in [6, 6.07) is 0. The van der Waals surface area contributed by atoms with Crippen molar-refractivity contribution in [3.8, 4) is 0 Å². The Balaban J connectivity index is 1.80. The van der Waals surface area contributed by atoms with Crippen molar-refractivity contribution in [1.29, 1.82) is 0 Å². The van der Waals surface area contributed by atoms with Crippen LogP contribution in [0.1, 0.15) is 44.9 Å². The van der Waals surface area contributed by atoms with Crippen molar-refractivity contribution in [3.05, 3.63) is 0 Å². The SMILES string of the molecule is CN(CC1CCCCC1)C(=O)[C@@H]1CC[C@H](C(=O)O)O1. The number of ether oxygens (including phenoxy) is 1. The van der Waals surface area contributed by atoms with Crippen LogP contribution in [0.25, 0.3) is 0 Å². The molecule has 1 aliphatic heterocycles. The van der Waals surface area contributed by atoms with Crippen LogP contribution in [0.2, 0.25) is 0 Å². The molecule has 0 aromatic rings. The Labute approximate surface area is 113 Å². The lowest BCUT2D eigenvalue weighted by Gasteiger charge is -2.28. The first-order valence-corrected chi connectivity index (χ1v) is 7.21. The molecule has 1 saturated carbocycles. The molecule has 0 radical (unpaired) electrons. The maximum atomic E-state index is 12.2. The van der Waals surface area contributed by atoms with Crippen molar-refractivity contribution in [2.45, 2.75) is 57.2 Å². The van der Waals surface area contributed by atoms with Gasteiger partial charge in [-0.1, -0.05) is 19.3 Å². The van der Waals surface area contributed by atoms with Crippen molar-refractivity contribution >= 4 is 11.9 Å². The summed E-state index contributed by atoms with van der Waals surface area (Å²) in [4.78, 5) is 24.7. The van der Waals surface area contributed by atoms with Crippen LogP contribution < -0.4 is 0 Å². The fourth-order valence-electron chi connectivity index (χ4n) is 3.09. The van der Waals surface area contributed by atoms with E-state index in [4.69, 9.17) is 9.84 Å². The Morgan fingerprint density at radius 2 is 1.74 bits per heavy atom. The Morgan fingerprint density at radius 1 is 1.11 bits per heavy atom. The predicted octanol–water partition coefficient (Wildman–Crippen LogP) is 1.66. The molecular weight excluding hydrogens is 246 g/mol. The minimum Gasteiger partial charge on any atom is -0.479 e. The molecule has 0 unspecified atom stereocenters. The van der Waals surface area contributed by atoms with Gasteiger partial charge in [0.1, 0.15) is 6.10 Å². The van der Waals surface area contributed by atoms with Crippen LogP contribution in [0.15, 0.2) is 0 Å². The highest BCUT2D eigenvalue weighted by Crippen LogP contribution is 2.26. The minimum absolute atomic E-state index is 0.0608. The molecule has 0 bridgehead atoms. The Morgan fingerprint density at radius 3 is 2.32 bits per heavy atom. The van der Waals surface area contributed by atoms with Crippen molar-refractivity contribution in [2.24, 2.45) is 5.92 Å². The van der Waals surface area contributed by atoms with E-state index in [1.165, 1.54) is 32.1 Å². The van der Waals surface area contributed by atoms with Gasteiger partial charge in [-0.15, -0.1) is 0 Å². The van der Waals surface area contributed by atoms with Crippen LogP contribution >= 0.6 is 0 Å². The zero-order chi connectivity index (χ0) is 13.8. The number of nitrogens with zero attached hydrogens (tertiary/aromatic N) is 1. The molecule has 0 aromatic carbocycles. The normalized spacial score (nSPS) is 28.3. The number of hydrogen-bond acceptors (Lipinski definition) is 3. The van der Waals surface area contributed by atoms with Crippen LogP contribution in [-0.2, 0) is 14.3 Å². The van der Waals surface area contributed by atoms with Crippen LogP contribution in [0.4, 0.5) is 0 Å². The lowest BCUT2D eigenvalue weighted by atomic mass is 9.89. The Hall–Kier alpha value is -1.10. The predicted molar refractivity (Wildman–Crippen MR) is 69.7 cm³/mol. The number of hydrogen-bond donors (Lipinski definition) is 1. The fourth-order valence-corrected chi connectivity index (χ4v) is 3.09. The number of likely N-dealkylation sites (N-methyl/N-ethyl adjacent to an activating group) is 1. The number of carbonyl (C=O) groups excluding carboxylic acids is 1. The molecule has 1 amide bonds. The highest BCUT2D eigenvalue weighted by molar-refractivity contribution is 5.82. The minimum atomic E-state index is -0.967. The lowest BCUT2D eigenvalue weighted by molar-refractivity contribution is -0.154. The summed E-state index contributed by atoms with van der Waals surface area (Å²) < 4.78 is 5.30. The van der Waals surface area contributed by atoms with Crippen LogP contribution in [-0.4, -0.2) is 47.7 Å². The fraction of sp³-hybridized carbons (Fsp3) is 0.857. The summed E-state index contributed by atoms with van der Waals surface area (Å²) in [5.41, 5.74) is 0. The second-order valence-electron chi connectivity index (χ2n) is 5.75. The summed E-state index contributed by atoms with van der Waals surface area (Å²) in [6.45, 7) is 0.774. The van der Waals surface area contributed by atoms with Gasteiger partial charge in [-0.05, 0) is 31.6 Å². The van der Waals surface area contributed by atoms with E-state index in [1.54, 1.807) is 11.9 Å². The third-order valence-corrected chi connectivity index (χ3v) is 4.20. The van der Waals surface area contributed by atoms with E-state index < -0.39 is 18.2 Å². The maximum absolute atomic E-state index is 12.2. The zero-order valence-corrected chi connectivity index (χ0v) is 11.5. The number of carboxylic acids is 1. The molecule has 1 aliphatic carbocycles. The number of carbonyl (C=O) groups is 2. The number of rotatable bonds is 4. The van der Waals surface area contributed by atoms with Gasteiger partial charge >= 0.3 is 5.97 Å². The molecule has 2 rings (SSSR count). The van der Waals surface area contributed by atoms with Gasteiger partial charge < -0.3 is 14.7 Å². The van der Waals surface area contributed by atoms with Gasteiger partial charge in [0, 0.05) is 13.6 Å². The molecule has 0 aromatic heterocycles. The first-order valence-electron chi connectivity index (χ1n) is 7.21. The summed E-state index contributed by atoms with van der Waals surface area (Å²) in [6.07, 6.45) is 5.80. The van der Waals surface area contributed by atoms with Gasteiger partial charge in [0.25, 0.3) is 5.91 Å². The van der Waals surface area contributed by atoms with Crippen molar-refractivity contribution in [3.63, 3.8) is 0 Å². The van der Waals surface area contributed by atoms with Gasteiger partial charge in [-0.25, -0.2) is 4.79 Å². The van der Waals surface area contributed by atoms with E-state index in [1.807, 2.05) is 0 Å². The number of carboxylic acid groups (broad SMARTS) is 1. The number of aliphatic carboxylic acids is 1. The van der Waals surface area contributed by atoms with Crippen molar-refractivity contribution in [1.82, 2.24) is 4.90 Å². The molecular formula is C14H23NO4. The summed E-state index contributed by atoms with van der Waals surface area (Å²) in [7, 11) is 1.80. The summed E-state index contributed by atoms with van der Waals surface area (Å²) in [5, 5.41) is 8.86. The topological polar surface area (TPSA) is 66.8 Å². The highest BCUT2D eigenvalue weighted by Gasteiger charge is 2.36. The van der Waals surface area contributed by atoms with Crippen molar-refractivity contribution < 1.29 is 19.4 Å². The van der Waals surface area contributed by atoms with E-state index in [0.29, 0.717) is 18.8 Å². The molecule has 108 valence electrons. The average Bonchev–Trinajstić information content (AvgIpc) is 2.88. The Bertz CT molecular complexity index is 338. The summed E-state index contributed by atoms with van der Waals surface area (Å²) in [5.74, 6) is -0.432. The molecule has 1 heterocycles. The third kappa shape index (κ3) is 3.69. The van der Waals surface area contributed by atoms with Gasteiger partial charge in [-0.2, -0.15) is 0 Å². The zero-order valence-electron chi connectivity index (χ0n) is 11.5. The molecule has 2 aliphatic rings. The van der Waals surface area contributed by atoms with Gasteiger partial charge in [0.15, 0.2) is 6.10 Å². The lowest BCUT2D eigenvalue weighted by Crippen LogP contribution is -2.40. The van der Waals surface area contributed by atoms with Crippen LogP contribution in [0, 0.1) is 5.92 Å². The first kappa shape index (κ1) is 14.3. The smallest absolute Gasteiger partial charge is 0.332 e. The standard InChI is InChI=1S/C14H23NO4/c1-15(9-10-5-3-2-4-6-10)13(16)11-7-8-12(19-11)14(17)18/h10-12H,2-9H2,1H3,(H,17,18)/t11-,12+/m0/s1. The molecule has 0 spiro atoms. The van der Waals surface area contributed by atoms with E-state index in [-0.39, 0.29) is 5.91 Å². The monoisotopic (exact) mass is 269 g/mol. The molecule has 19 heavy (non-hydrogen) atoms. The van der Waals surface area contributed by atoms with Crippen molar-refractivity contribution in [2.75, 3.05) is 13.6 Å². The highest BCUT2D eigenvalue weighted by atomic mass is 16.5. The molecule has 2 atom stereocenters. The molecule has 5 nitrogen and oxygen atoms in total. The van der Waals surface area contributed by atoms with Gasteiger partial charge in [0.2, 0.25) is 0 Å². The maximum Gasteiger partial charge on any atom is 0.332 e. The third-order valence-electron chi connectivity index (χ3n) is 4.20. The molecule has 2 fully saturated rings. The van der Waals surface area contributed by atoms with Gasteiger partial charge in [0.05, 0.1) is 0 Å². The largest absolute Gasteiger partial charge is 0.479 e. The van der Waals surface area contributed by atoms with Crippen LogP contribution in [0.3, 0.4) is 0 Å².